The van der Waals surface area contributed by atoms with E-state index in [1.165, 1.54) is 30.6 Å². The number of hydrogen-bond acceptors (Lipinski definition) is 8. The normalized spacial score (nSPS) is 23.5. The van der Waals surface area contributed by atoms with E-state index in [-0.39, 0.29) is 35.8 Å². The number of ether oxygens (including phenoxy) is 2. The second-order valence-corrected chi connectivity index (χ2v) is 13.6. The summed E-state index contributed by atoms with van der Waals surface area (Å²) in [6.45, 7) is -0.447. The van der Waals surface area contributed by atoms with Crippen LogP contribution >= 0.6 is 11.6 Å². The lowest BCUT2D eigenvalue weighted by Crippen LogP contribution is -2.57. The zero-order chi connectivity index (χ0) is 26.4. The Labute approximate surface area is 217 Å². The maximum atomic E-state index is 15.4. The SMILES string of the molecule is O=S(=O)(CC[C@@H]1OCC[C@@]2(S(=O)(=O)c3ccc(Cl)cc3)c3c(F)ccc(F)c3OCC12)c1cncnc1. The van der Waals surface area contributed by atoms with Gasteiger partial charge < -0.3 is 9.47 Å². The molecule has 1 aromatic heterocycles. The van der Waals surface area contributed by atoms with Gasteiger partial charge in [-0.15, -0.1) is 0 Å². The molecule has 13 heteroatoms. The lowest BCUT2D eigenvalue weighted by atomic mass is 9.75. The molecule has 3 aromatic rings. The molecule has 1 fully saturated rings. The van der Waals surface area contributed by atoms with E-state index < -0.39 is 65.1 Å². The first kappa shape index (κ1) is 26.0. The van der Waals surface area contributed by atoms with Gasteiger partial charge in [-0.1, -0.05) is 11.6 Å². The minimum Gasteiger partial charge on any atom is -0.490 e. The fourth-order valence-electron chi connectivity index (χ4n) is 5.17. The first-order valence-electron chi connectivity index (χ1n) is 11.3. The van der Waals surface area contributed by atoms with Crippen LogP contribution in [0, 0.1) is 17.6 Å². The molecule has 0 amide bonds. The molecule has 0 radical (unpaired) electrons. The third kappa shape index (κ3) is 4.29. The molecule has 0 aliphatic carbocycles. The van der Waals surface area contributed by atoms with Gasteiger partial charge in [0.05, 0.1) is 28.9 Å². The first-order valence-corrected chi connectivity index (χ1v) is 14.8. The van der Waals surface area contributed by atoms with E-state index in [2.05, 4.69) is 9.97 Å². The highest BCUT2D eigenvalue weighted by atomic mass is 35.5. The van der Waals surface area contributed by atoms with Crippen molar-refractivity contribution < 1.29 is 35.1 Å². The Morgan fingerprint density at radius 1 is 0.973 bits per heavy atom. The van der Waals surface area contributed by atoms with Gasteiger partial charge in [-0.25, -0.2) is 35.6 Å². The summed E-state index contributed by atoms with van der Waals surface area (Å²) in [5, 5.41) is 0.303. The van der Waals surface area contributed by atoms with Gasteiger partial charge >= 0.3 is 0 Å². The quantitative estimate of drug-likeness (QED) is 0.440. The molecule has 3 heterocycles. The molecule has 2 aliphatic rings. The highest BCUT2D eigenvalue weighted by Crippen LogP contribution is 2.56. The summed E-state index contributed by atoms with van der Waals surface area (Å²) >= 11 is 5.96. The Kier molecular flexibility index (Phi) is 6.71. The van der Waals surface area contributed by atoms with Crippen LogP contribution in [0.4, 0.5) is 8.78 Å². The fraction of sp³-hybridized carbons (Fsp3) is 0.333. The van der Waals surface area contributed by atoms with Gasteiger partial charge in [-0.05, 0) is 49.2 Å². The smallest absolute Gasteiger partial charge is 0.189 e. The molecule has 0 N–H and O–H groups in total. The Bertz CT molecular complexity index is 1540. The van der Waals surface area contributed by atoms with Crippen LogP contribution in [0.5, 0.6) is 5.75 Å². The summed E-state index contributed by atoms with van der Waals surface area (Å²) < 4.78 is 93.9. The summed E-state index contributed by atoms with van der Waals surface area (Å²) in [4.78, 5) is 7.24. The zero-order valence-corrected chi connectivity index (χ0v) is 21.6. The lowest BCUT2D eigenvalue weighted by Gasteiger charge is -2.50. The summed E-state index contributed by atoms with van der Waals surface area (Å²) in [6.07, 6.45) is 2.27. The van der Waals surface area contributed by atoms with Crippen LogP contribution in [-0.4, -0.2) is 51.9 Å². The predicted octanol–water partition coefficient (Wildman–Crippen LogP) is 3.74. The highest BCUT2D eigenvalue weighted by molar-refractivity contribution is 7.92. The highest BCUT2D eigenvalue weighted by Gasteiger charge is 2.61. The van der Waals surface area contributed by atoms with Gasteiger partial charge in [0.2, 0.25) is 0 Å². The van der Waals surface area contributed by atoms with Gasteiger partial charge in [-0.3, -0.25) is 0 Å². The Morgan fingerprint density at radius 2 is 1.65 bits per heavy atom. The summed E-state index contributed by atoms with van der Waals surface area (Å²) in [5.41, 5.74) is -0.411. The molecule has 2 aromatic carbocycles. The van der Waals surface area contributed by atoms with E-state index in [4.69, 9.17) is 21.1 Å². The molecule has 1 unspecified atom stereocenters. The van der Waals surface area contributed by atoms with Crippen LogP contribution in [0.2, 0.25) is 5.02 Å². The lowest BCUT2D eigenvalue weighted by molar-refractivity contribution is -0.0732. The Hall–Kier alpha value is -2.67. The number of hydrogen-bond donors (Lipinski definition) is 0. The average Bonchev–Trinajstić information content (AvgIpc) is 2.89. The van der Waals surface area contributed by atoms with Crippen LogP contribution in [0.1, 0.15) is 18.4 Å². The fourth-order valence-corrected chi connectivity index (χ4v) is 8.86. The molecule has 37 heavy (non-hydrogen) atoms. The molecule has 5 rings (SSSR count). The minimum absolute atomic E-state index is 0.0933. The van der Waals surface area contributed by atoms with E-state index in [0.29, 0.717) is 5.02 Å². The molecule has 2 aliphatic heterocycles. The average molecular weight is 571 g/mol. The van der Waals surface area contributed by atoms with E-state index >= 15 is 4.39 Å². The molecule has 0 bridgehead atoms. The zero-order valence-electron chi connectivity index (χ0n) is 19.2. The van der Waals surface area contributed by atoms with Crippen LogP contribution in [-0.2, 0) is 29.2 Å². The van der Waals surface area contributed by atoms with Gasteiger partial charge in [0.1, 0.15) is 21.8 Å². The van der Waals surface area contributed by atoms with E-state index in [1.807, 2.05) is 0 Å². The van der Waals surface area contributed by atoms with Gasteiger partial charge in [-0.2, -0.15) is 0 Å². The molecule has 1 saturated heterocycles. The van der Waals surface area contributed by atoms with E-state index in [1.54, 1.807) is 0 Å². The van der Waals surface area contributed by atoms with Crippen LogP contribution in [0.25, 0.3) is 0 Å². The largest absolute Gasteiger partial charge is 0.490 e. The maximum absolute atomic E-state index is 15.4. The maximum Gasteiger partial charge on any atom is 0.189 e. The molecule has 196 valence electrons. The molecular weight excluding hydrogens is 550 g/mol. The summed E-state index contributed by atoms with van der Waals surface area (Å²) in [6, 6.07) is 7.15. The second kappa shape index (κ2) is 9.57. The predicted molar refractivity (Wildman–Crippen MR) is 129 cm³/mol. The molecule has 0 spiro atoms. The third-order valence-electron chi connectivity index (χ3n) is 6.91. The molecule has 3 atom stereocenters. The van der Waals surface area contributed by atoms with Gasteiger partial charge in [0.25, 0.3) is 0 Å². The van der Waals surface area contributed by atoms with Crippen molar-refractivity contribution in [3.8, 4) is 5.75 Å². The number of sulfone groups is 2. The number of rotatable bonds is 6. The van der Waals surface area contributed by atoms with Crippen molar-refractivity contribution in [1.29, 1.82) is 0 Å². The summed E-state index contributed by atoms with van der Waals surface area (Å²) in [7, 11) is -8.22. The number of aromatic nitrogens is 2. The van der Waals surface area contributed by atoms with Crippen molar-refractivity contribution in [3.05, 3.63) is 77.3 Å². The number of fused-ring (bicyclic) bond motifs is 3. The van der Waals surface area contributed by atoms with Gasteiger partial charge in [0, 0.05) is 29.9 Å². The number of nitrogens with zero attached hydrogens (tertiary/aromatic N) is 2. The number of halogens is 3. The van der Waals surface area contributed by atoms with Crippen LogP contribution in [0.3, 0.4) is 0 Å². The molecule has 0 saturated carbocycles. The monoisotopic (exact) mass is 570 g/mol. The second-order valence-electron chi connectivity index (χ2n) is 8.84. The van der Waals surface area contributed by atoms with Crippen molar-refractivity contribution >= 4 is 31.3 Å². The Morgan fingerprint density at radius 3 is 2.35 bits per heavy atom. The molecule has 8 nitrogen and oxygen atoms in total. The van der Waals surface area contributed by atoms with Crippen molar-refractivity contribution in [3.63, 3.8) is 0 Å². The standard InChI is InChI=1S/C24H21ClF2N2O6S2/c25-15-1-3-16(4-2-15)37(32,33)24-8-9-34-21(7-10-36(30,31)17-11-28-14-29-12-17)18(24)13-35-23-20(27)6-5-19(26)22(23)24/h1-6,11-12,14,18,21H,7-10,13H2/t18?,21-,24-/m0/s1. The number of benzene rings is 2. The third-order valence-corrected chi connectivity index (χ3v) is 11.4. The molecular formula is C24H21ClF2N2O6S2. The van der Waals surface area contributed by atoms with E-state index in [0.717, 1.165) is 24.5 Å². The van der Waals surface area contributed by atoms with Crippen molar-refractivity contribution in [2.45, 2.75) is 33.5 Å². The van der Waals surface area contributed by atoms with Gasteiger partial charge in [0.15, 0.2) is 31.2 Å². The van der Waals surface area contributed by atoms with E-state index in [9.17, 15) is 21.2 Å². The van der Waals surface area contributed by atoms with Crippen LogP contribution in [0.15, 0.2) is 64.9 Å². The summed E-state index contributed by atoms with van der Waals surface area (Å²) in [5.74, 6) is -3.74. The van der Waals surface area contributed by atoms with Crippen molar-refractivity contribution in [1.82, 2.24) is 9.97 Å². The first-order chi connectivity index (χ1) is 17.6. The van der Waals surface area contributed by atoms with Crippen molar-refractivity contribution in [2.24, 2.45) is 5.92 Å². The minimum atomic E-state index is -4.39. The topological polar surface area (TPSA) is 113 Å². The Balaban J connectivity index is 1.62. The van der Waals surface area contributed by atoms with Crippen LogP contribution < -0.4 is 4.74 Å². The van der Waals surface area contributed by atoms with Crippen molar-refractivity contribution in [2.75, 3.05) is 19.0 Å².